The molecule has 6 heterocycles. The van der Waals surface area contributed by atoms with Gasteiger partial charge >= 0.3 is 17.9 Å². The number of aromatic amines is 2. The number of hydrogen-bond acceptors (Lipinski definition) is 8. The standard InChI is InChI=1S/C34H34N4O6/c1-8-18-15(3)21-12-24-19(9-2)16(4)23(36-24)14-26-34(6,42)20(10-11-27(39)43-7)30(38-26)29-31-28(32(40)44-33(29)41)17(5)22(37-31)13-25(18)35-21/h9,12-14,20,37-38,42H,2,8,10-11H2,1,3-7H3/t20-,34-/m1/s1. The molecule has 226 valence electrons. The Kier molecular flexibility index (Phi) is 6.92. The molecule has 4 aliphatic rings. The van der Waals surface area contributed by atoms with Crippen molar-refractivity contribution in [2.75, 3.05) is 7.11 Å². The van der Waals surface area contributed by atoms with Crippen LogP contribution >= 0.6 is 0 Å². The quantitative estimate of drug-likeness (QED) is 0.280. The summed E-state index contributed by atoms with van der Waals surface area (Å²) in [7, 11) is 1.30. The van der Waals surface area contributed by atoms with Gasteiger partial charge in [0.05, 0.1) is 41.0 Å². The van der Waals surface area contributed by atoms with E-state index in [-0.39, 0.29) is 29.5 Å². The molecule has 2 aromatic heterocycles. The zero-order valence-corrected chi connectivity index (χ0v) is 25.6. The number of aryl methyl sites for hydroxylation is 1. The summed E-state index contributed by atoms with van der Waals surface area (Å²) in [5, 5.41) is 12.0. The average Bonchev–Trinajstić information content (AvgIpc) is 3.63. The number of ether oxygens (including phenoxy) is 2. The Balaban J connectivity index is 1.80. The third-order valence-electron chi connectivity index (χ3n) is 9.19. The van der Waals surface area contributed by atoms with E-state index in [0.29, 0.717) is 33.9 Å². The number of esters is 3. The van der Waals surface area contributed by atoms with Gasteiger partial charge in [0.1, 0.15) is 11.2 Å². The van der Waals surface area contributed by atoms with Gasteiger partial charge in [0.25, 0.3) is 0 Å². The highest BCUT2D eigenvalue weighted by atomic mass is 16.6. The molecule has 4 aliphatic heterocycles. The molecule has 0 amide bonds. The number of nitrogens with one attached hydrogen (secondary N) is 2. The molecule has 44 heavy (non-hydrogen) atoms. The summed E-state index contributed by atoms with van der Waals surface area (Å²) >= 11 is 0. The van der Waals surface area contributed by atoms with Crippen molar-refractivity contribution in [2.45, 2.75) is 65.4 Å². The number of cyclic esters (lactones) is 2. The van der Waals surface area contributed by atoms with Crippen molar-refractivity contribution in [3.8, 4) is 0 Å². The summed E-state index contributed by atoms with van der Waals surface area (Å²) in [5.41, 5.74) is 7.53. The van der Waals surface area contributed by atoms with Gasteiger partial charge in [0, 0.05) is 34.8 Å². The Hall–Kier alpha value is -4.83. The van der Waals surface area contributed by atoms with E-state index in [1.807, 2.05) is 26.0 Å². The van der Waals surface area contributed by atoms with Crippen LogP contribution in [0, 0.1) is 6.92 Å². The minimum Gasteiger partial charge on any atom is -0.469 e. The second-order valence-corrected chi connectivity index (χ2v) is 11.6. The van der Waals surface area contributed by atoms with E-state index >= 15 is 0 Å². The molecule has 2 atom stereocenters. The van der Waals surface area contributed by atoms with E-state index in [4.69, 9.17) is 19.4 Å². The van der Waals surface area contributed by atoms with Crippen molar-refractivity contribution in [1.29, 1.82) is 0 Å². The maximum atomic E-state index is 13.5. The summed E-state index contributed by atoms with van der Waals surface area (Å²) in [6.07, 6.45) is 2.63. The van der Waals surface area contributed by atoms with Gasteiger partial charge < -0.3 is 24.5 Å². The number of aromatic nitrogens is 4. The smallest absolute Gasteiger partial charge is 0.349 e. The number of H-pyrrole nitrogens is 2. The first kappa shape index (κ1) is 29.3. The molecule has 0 saturated carbocycles. The Morgan fingerprint density at radius 3 is 2.41 bits per heavy atom. The average molecular weight is 595 g/mol. The molecule has 10 heteroatoms. The van der Waals surface area contributed by atoms with Gasteiger partial charge in [-0.3, -0.25) is 4.79 Å². The van der Waals surface area contributed by atoms with Crippen molar-refractivity contribution in [3.05, 3.63) is 81.7 Å². The summed E-state index contributed by atoms with van der Waals surface area (Å²) in [4.78, 5) is 55.3. The highest BCUT2D eigenvalue weighted by Gasteiger charge is 2.45. The number of aliphatic hydroxyl groups is 1. The molecule has 0 aromatic carbocycles. The van der Waals surface area contributed by atoms with Crippen LogP contribution < -0.4 is 0 Å². The highest BCUT2D eigenvalue weighted by molar-refractivity contribution is 6.18. The molecule has 2 aromatic rings. The van der Waals surface area contributed by atoms with Crippen LogP contribution in [0.1, 0.15) is 113 Å². The lowest BCUT2D eigenvalue weighted by Crippen LogP contribution is -2.28. The molecule has 6 rings (SSSR count). The number of fused-ring (bicyclic) bond motifs is 8. The third kappa shape index (κ3) is 4.31. The molecular formula is C34H34N4O6. The largest absolute Gasteiger partial charge is 0.469 e. The van der Waals surface area contributed by atoms with Gasteiger partial charge in [-0.15, -0.1) is 0 Å². The lowest BCUT2D eigenvalue weighted by molar-refractivity contribution is -0.141. The van der Waals surface area contributed by atoms with Crippen LogP contribution in [0.4, 0.5) is 0 Å². The number of carbonyl (C=O) groups is 3. The lowest BCUT2D eigenvalue weighted by Gasteiger charge is -2.27. The van der Waals surface area contributed by atoms with Crippen LogP contribution in [-0.2, 0) is 19.9 Å². The zero-order chi connectivity index (χ0) is 31.7. The van der Waals surface area contributed by atoms with E-state index in [1.54, 1.807) is 26.0 Å². The number of carbonyl (C=O) groups excluding carboxylic acids is 3. The second-order valence-electron chi connectivity index (χ2n) is 11.6. The molecule has 0 aliphatic carbocycles. The fourth-order valence-corrected chi connectivity index (χ4v) is 6.62. The topological polar surface area (TPSA) is 147 Å². The number of methoxy groups -OCH3 is 1. The fourth-order valence-electron chi connectivity index (χ4n) is 6.62. The molecule has 3 N–H and O–H groups in total. The predicted octanol–water partition coefficient (Wildman–Crippen LogP) is 6.06. The van der Waals surface area contributed by atoms with E-state index in [0.717, 1.165) is 40.1 Å². The first-order chi connectivity index (χ1) is 20.9. The second kappa shape index (κ2) is 10.4. The van der Waals surface area contributed by atoms with Crippen LogP contribution in [0.15, 0.2) is 30.9 Å². The van der Waals surface area contributed by atoms with Crippen LogP contribution in [0.2, 0.25) is 0 Å². The summed E-state index contributed by atoms with van der Waals surface area (Å²) in [6, 6.07) is 5.57. The molecule has 0 unspecified atom stereocenters. The van der Waals surface area contributed by atoms with Gasteiger partial charge in [-0.05, 0) is 81.0 Å². The number of hydrogen-bond donors (Lipinski definition) is 3. The van der Waals surface area contributed by atoms with Gasteiger partial charge in [-0.1, -0.05) is 19.6 Å². The SMILES string of the molecule is C=CC1=C(C)c2cc3[nH]c(c4c5[nH]c(cc6nc(cc1n2)C(C)=C6CC)c(C)c5C(=O)OC4=O)[C@@H](CCC(=O)OC)[C@@]3(C)O. The van der Waals surface area contributed by atoms with Gasteiger partial charge in [-0.2, -0.15) is 0 Å². The van der Waals surface area contributed by atoms with Crippen LogP contribution in [0.5, 0.6) is 0 Å². The number of allylic oxidation sites excluding steroid dienone is 5. The van der Waals surface area contributed by atoms with Crippen molar-refractivity contribution in [2.24, 2.45) is 0 Å². The maximum Gasteiger partial charge on any atom is 0.349 e. The number of nitrogens with zero attached hydrogens (tertiary/aromatic N) is 2. The maximum absolute atomic E-state index is 13.5. The van der Waals surface area contributed by atoms with Crippen molar-refractivity contribution < 1.29 is 29.0 Å². The van der Waals surface area contributed by atoms with Crippen LogP contribution in [0.3, 0.4) is 0 Å². The Morgan fingerprint density at radius 2 is 1.73 bits per heavy atom. The fraction of sp³-hybridized carbons (Fsp3) is 0.324. The molecule has 0 fully saturated rings. The van der Waals surface area contributed by atoms with Crippen molar-refractivity contribution >= 4 is 51.2 Å². The number of rotatable bonds is 5. The Labute approximate surface area is 254 Å². The Bertz CT molecular complexity index is 1950. The first-order valence-electron chi connectivity index (χ1n) is 14.6. The predicted molar refractivity (Wildman–Crippen MR) is 166 cm³/mol. The summed E-state index contributed by atoms with van der Waals surface area (Å²) < 4.78 is 10.1. The third-order valence-corrected chi connectivity index (χ3v) is 9.19. The summed E-state index contributed by atoms with van der Waals surface area (Å²) in [6.45, 7) is 13.4. The highest BCUT2D eigenvalue weighted by Crippen LogP contribution is 2.46. The molecule has 0 spiro atoms. The van der Waals surface area contributed by atoms with Crippen molar-refractivity contribution in [3.63, 3.8) is 0 Å². The van der Waals surface area contributed by atoms with E-state index in [2.05, 4.69) is 23.5 Å². The monoisotopic (exact) mass is 594 g/mol. The lowest BCUT2D eigenvalue weighted by atomic mass is 9.81. The van der Waals surface area contributed by atoms with Gasteiger partial charge in [0.15, 0.2) is 0 Å². The van der Waals surface area contributed by atoms with Gasteiger partial charge in [0.2, 0.25) is 0 Å². The summed E-state index contributed by atoms with van der Waals surface area (Å²) in [5.74, 6) is -2.82. The molecular weight excluding hydrogens is 560 g/mol. The van der Waals surface area contributed by atoms with E-state index in [1.165, 1.54) is 7.11 Å². The van der Waals surface area contributed by atoms with Crippen LogP contribution in [-0.4, -0.2) is 50.1 Å². The minimum absolute atomic E-state index is 0.00996. The normalized spacial score (nSPS) is 20.1. The first-order valence-corrected chi connectivity index (χ1v) is 14.6. The van der Waals surface area contributed by atoms with Crippen molar-refractivity contribution in [1.82, 2.24) is 19.9 Å². The van der Waals surface area contributed by atoms with E-state index < -0.39 is 29.4 Å². The molecule has 8 bridgehead atoms. The Morgan fingerprint density at radius 1 is 1.05 bits per heavy atom. The molecule has 0 saturated heterocycles. The molecule has 10 nitrogen and oxygen atoms in total. The molecule has 0 radical (unpaired) electrons. The van der Waals surface area contributed by atoms with Crippen LogP contribution in [0.25, 0.3) is 33.3 Å². The zero-order valence-electron chi connectivity index (χ0n) is 25.6. The van der Waals surface area contributed by atoms with Gasteiger partial charge in [-0.25, -0.2) is 19.6 Å². The van der Waals surface area contributed by atoms with E-state index in [9.17, 15) is 19.5 Å². The minimum atomic E-state index is -1.55.